The van der Waals surface area contributed by atoms with E-state index in [9.17, 15) is 23.3 Å². The lowest BCUT2D eigenvalue weighted by Crippen LogP contribution is -2.31. The average Bonchev–Trinajstić information content (AvgIpc) is 2.84. The third-order valence-corrected chi connectivity index (χ3v) is 3.80. The minimum absolute atomic E-state index is 0.170. The summed E-state index contributed by atoms with van der Waals surface area (Å²) in [6.07, 6.45) is 1.63. The van der Waals surface area contributed by atoms with Crippen molar-refractivity contribution in [2.75, 3.05) is 6.61 Å². The molecule has 1 spiro atoms. The number of nitro groups is 1. The zero-order chi connectivity index (χ0) is 19.2. The van der Waals surface area contributed by atoms with E-state index < -0.39 is 33.7 Å². The molecule has 0 aromatic heterocycles. The zero-order valence-electron chi connectivity index (χ0n) is 13.9. The summed E-state index contributed by atoms with van der Waals surface area (Å²) in [5, 5.41) is 11.1. The summed E-state index contributed by atoms with van der Waals surface area (Å²) in [5.74, 6) is -1.02. The minimum atomic E-state index is -4.67. The van der Waals surface area contributed by atoms with Crippen molar-refractivity contribution in [3.05, 3.63) is 58.2 Å². The number of alkyl halides is 3. The number of hydrogen-bond donors (Lipinski definition) is 0. The second kappa shape index (κ2) is 6.03. The van der Waals surface area contributed by atoms with Gasteiger partial charge in [0.2, 0.25) is 5.79 Å². The number of aliphatic imine (C=N–C) groups is 1. The number of hydrogen-bond acceptors (Lipinski definition) is 5. The molecule has 0 bridgehead atoms. The highest BCUT2D eigenvalue weighted by Gasteiger charge is 2.43. The van der Waals surface area contributed by atoms with Crippen LogP contribution in [0.15, 0.2) is 47.5 Å². The van der Waals surface area contributed by atoms with Crippen molar-refractivity contribution in [1.82, 2.24) is 0 Å². The van der Waals surface area contributed by atoms with Crippen molar-refractivity contribution in [1.29, 1.82) is 0 Å². The Morgan fingerprint density at radius 3 is 2.38 bits per heavy atom. The van der Waals surface area contributed by atoms with Gasteiger partial charge >= 0.3 is 6.18 Å². The molecule has 0 unspecified atom stereocenters. The van der Waals surface area contributed by atoms with Crippen LogP contribution in [-0.4, -0.2) is 28.6 Å². The van der Waals surface area contributed by atoms with Crippen molar-refractivity contribution in [3.8, 4) is 0 Å². The van der Waals surface area contributed by atoms with E-state index in [1.807, 2.05) is 13.8 Å². The first-order valence-corrected chi connectivity index (χ1v) is 7.67. The molecule has 1 aromatic rings. The van der Waals surface area contributed by atoms with E-state index in [0.717, 1.165) is 12.1 Å². The van der Waals surface area contributed by atoms with Gasteiger partial charge in [-0.15, -0.1) is 0 Å². The van der Waals surface area contributed by atoms with E-state index in [4.69, 9.17) is 9.47 Å². The first-order valence-electron chi connectivity index (χ1n) is 7.67. The van der Waals surface area contributed by atoms with Crippen molar-refractivity contribution in [2.45, 2.75) is 31.4 Å². The van der Waals surface area contributed by atoms with Gasteiger partial charge in [-0.2, -0.15) is 13.2 Å². The van der Waals surface area contributed by atoms with Crippen molar-refractivity contribution in [2.24, 2.45) is 4.99 Å². The highest BCUT2D eigenvalue weighted by atomic mass is 19.4. The van der Waals surface area contributed by atoms with Crippen molar-refractivity contribution < 1.29 is 27.6 Å². The highest BCUT2D eigenvalue weighted by Crippen LogP contribution is 2.37. The van der Waals surface area contributed by atoms with E-state index in [2.05, 4.69) is 4.99 Å². The van der Waals surface area contributed by atoms with Crippen molar-refractivity contribution >= 4 is 17.1 Å². The Morgan fingerprint density at radius 1 is 1.23 bits per heavy atom. The molecular weight excluding hydrogens is 353 g/mol. The van der Waals surface area contributed by atoms with Crippen LogP contribution >= 0.6 is 0 Å². The molecule has 0 N–H and O–H groups in total. The molecule has 2 aliphatic rings. The number of benzene rings is 1. The maximum Gasteiger partial charge on any atom is 0.416 e. The van der Waals surface area contributed by atoms with Gasteiger partial charge in [0.15, 0.2) is 0 Å². The van der Waals surface area contributed by atoms with Gasteiger partial charge < -0.3 is 9.47 Å². The lowest BCUT2D eigenvalue weighted by Gasteiger charge is -2.25. The molecule has 1 aliphatic heterocycles. The molecule has 138 valence electrons. The van der Waals surface area contributed by atoms with Gasteiger partial charge in [-0.25, -0.2) is 4.99 Å². The lowest BCUT2D eigenvalue weighted by molar-refractivity contribution is -0.384. The molecule has 1 aromatic carbocycles. The van der Waals surface area contributed by atoms with Gasteiger partial charge in [-0.05, 0) is 50.3 Å². The number of halogens is 3. The summed E-state index contributed by atoms with van der Waals surface area (Å²) in [5.41, 5.74) is -2.12. The molecule has 6 nitrogen and oxygen atoms in total. The summed E-state index contributed by atoms with van der Waals surface area (Å²) >= 11 is 0. The molecule has 0 saturated carbocycles. The van der Waals surface area contributed by atoms with Gasteiger partial charge in [-0.1, -0.05) is 0 Å². The fourth-order valence-electron chi connectivity index (χ4n) is 2.61. The lowest BCUT2D eigenvalue weighted by atomic mass is 10.1. The number of nitrogens with zero attached hydrogens (tertiary/aromatic N) is 2. The third kappa shape index (κ3) is 3.68. The fraction of sp³-hybridized carbons (Fsp3) is 0.353. The molecule has 0 atom stereocenters. The predicted molar refractivity (Wildman–Crippen MR) is 87.3 cm³/mol. The Hall–Kier alpha value is -2.52. The molecular formula is C17H15F3N2O4. The monoisotopic (exact) mass is 368 g/mol. The number of allylic oxidation sites excluding steroid dienone is 2. The highest BCUT2D eigenvalue weighted by molar-refractivity contribution is 6.06. The van der Waals surface area contributed by atoms with E-state index in [1.54, 1.807) is 24.3 Å². The molecule has 3 rings (SSSR count). The Balaban J connectivity index is 1.90. The predicted octanol–water partition coefficient (Wildman–Crippen LogP) is 4.33. The molecule has 1 saturated heterocycles. The molecule has 9 heteroatoms. The maximum atomic E-state index is 12.7. The van der Waals surface area contributed by atoms with Crippen LogP contribution in [0.4, 0.5) is 24.5 Å². The Bertz CT molecular complexity index is 825. The number of ether oxygens (including phenoxy) is 2. The van der Waals surface area contributed by atoms with E-state index in [-0.39, 0.29) is 5.69 Å². The van der Waals surface area contributed by atoms with E-state index >= 15 is 0 Å². The second-order valence-corrected chi connectivity index (χ2v) is 6.53. The first-order chi connectivity index (χ1) is 12.0. The van der Waals surface area contributed by atoms with E-state index in [1.165, 1.54) is 0 Å². The number of rotatable bonds is 2. The standard InChI is InChI=1S/C17H15F3N2O4/c1-15(2)10-25-16(26-15)7-5-12(6-8-16)21-13-4-3-11(17(18,19)20)9-14(13)22(23)24/h3-9H,10H2,1-2H3. The Labute approximate surface area is 146 Å². The van der Waals surface area contributed by atoms with Gasteiger partial charge in [0, 0.05) is 6.07 Å². The zero-order valence-corrected chi connectivity index (χ0v) is 13.9. The fourth-order valence-corrected chi connectivity index (χ4v) is 2.61. The summed E-state index contributed by atoms with van der Waals surface area (Å²) in [7, 11) is 0. The summed E-state index contributed by atoms with van der Waals surface area (Å²) < 4.78 is 49.7. The van der Waals surface area contributed by atoms with Crippen LogP contribution in [0.3, 0.4) is 0 Å². The molecule has 1 heterocycles. The quantitative estimate of drug-likeness (QED) is 0.575. The van der Waals surface area contributed by atoms with Gasteiger partial charge in [-0.3, -0.25) is 10.1 Å². The first kappa shape index (κ1) is 18.3. The topological polar surface area (TPSA) is 74.0 Å². The third-order valence-electron chi connectivity index (χ3n) is 3.80. The second-order valence-electron chi connectivity index (χ2n) is 6.53. The van der Waals surface area contributed by atoms with Crippen LogP contribution in [0.2, 0.25) is 0 Å². The van der Waals surface area contributed by atoms with Crippen LogP contribution < -0.4 is 0 Å². The van der Waals surface area contributed by atoms with Crippen LogP contribution in [0, 0.1) is 10.1 Å². The van der Waals surface area contributed by atoms with Gasteiger partial charge in [0.25, 0.3) is 5.69 Å². The summed E-state index contributed by atoms with van der Waals surface area (Å²) in [4.78, 5) is 14.3. The molecule has 1 aliphatic carbocycles. The maximum absolute atomic E-state index is 12.7. The van der Waals surface area contributed by atoms with Gasteiger partial charge in [0.05, 0.1) is 28.4 Å². The van der Waals surface area contributed by atoms with Crippen LogP contribution in [0.5, 0.6) is 0 Å². The molecule has 26 heavy (non-hydrogen) atoms. The smallest absolute Gasteiger partial charge is 0.340 e. The molecule has 0 amide bonds. The average molecular weight is 368 g/mol. The van der Waals surface area contributed by atoms with Crippen LogP contribution in [-0.2, 0) is 15.7 Å². The van der Waals surface area contributed by atoms with Crippen LogP contribution in [0.25, 0.3) is 0 Å². The SMILES string of the molecule is CC1(C)COC2(C=CC(=Nc3ccc(C(F)(F)F)cc3[N+](=O)[O-])C=C2)O1. The normalized spacial score (nSPS) is 24.3. The number of nitro benzene ring substituents is 1. The molecule has 1 fully saturated rings. The van der Waals surface area contributed by atoms with E-state index in [0.29, 0.717) is 18.4 Å². The van der Waals surface area contributed by atoms with Crippen molar-refractivity contribution in [3.63, 3.8) is 0 Å². The van der Waals surface area contributed by atoms with Gasteiger partial charge in [0.1, 0.15) is 5.69 Å². The largest absolute Gasteiger partial charge is 0.416 e. The minimum Gasteiger partial charge on any atom is -0.340 e. The Morgan fingerprint density at radius 2 is 1.88 bits per heavy atom. The summed E-state index contributed by atoms with van der Waals surface area (Å²) in [6, 6.07) is 2.21. The summed E-state index contributed by atoms with van der Waals surface area (Å²) in [6.45, 7) is 4.13. The molecule has 0 radical (unpaired) electrons. The van der Waals surface area contributed by atoms with Crippen LogP contribution in [0.1, 0.15) is 19.4 Å². The Kier molecular flexibility index (Phi) is 4.24.